The van der Waals surface area contributed by atoms with Gasteiger partial charge in [-0.05, 0) is 49.7 Å². The van der Waals surface area contributed by atoms with E-state index in [1.165, 1.54) is 0 Å². The number of H-pyrrole nitrogens is 1. The summed E-state index contributed by atoms with van der Waals surface area (Å²) in [4.78, 5) is 11.9. The monoisotopic (exact) mass is 358 g/mol. The molecule has 2 aromatic rings. The van der Waals surface area contributed by atoms with Crippen molar-refractivity contribution in [1.29, 1.82) is 0 Å². The Morgan fingerprint density at radius 2 is 2.10 bits per heavy atom. The molecule has 2 heterocycles. The minimum Gasteiger partial charge on any atom is -0.316 e. The first kappa shape index (κ1) is 15.3. The van der Waals surface area contributed by atoms with Crippen LogP contribution < -0.4 is 11.0 Å². The van der Waals surface area contributed by atoms with Gasteiger partial charge in [0.25, 0.3) is 0 Å². The maximum absolute atomic E-state index is 11.9. The van der Waals surface area contributed by atoms with Crippen LogP contribution >= 0.6 is 28.3 Å². The Morgan fingerprint density at radius 3 is 2.75 bits per heavy atom. The molecule has 0 aliphatic carbocycles. The molecule has 20 heavy (non-hydrogen) atoms. The molecule has 1 aliphatic heterocycles. The van der Waals surface area contributed by atoms with Crippen molar-refractivity contribution in [2.24, 2.45) is 5.92 Å². The maximum Gasteiger partial charge on any atom is 0.347 e. The van der Waals surface area contributed by atoms with Crippen molar-refractivity contribution >= 4 is 28.3 Å². The molecular weight excluding hydrogens is 344 g/mol. The quantitative estimate of drug-likeness (QED) is 0.880. The van der Waals surface area contributed by atoms with E-state index in [1.54, 1.807) is 4.57 Å². The minimum absolute atomic E-state index is 0. The van der Waals surface area contributed by atoms with Crippen molar-refractivity contribution in [3.63, 3.8) is 0 Å². The molecule has 0 radical (unpaired) electrons. The van der Waals surface area contributed by atoms with E-state index in [0.717, 1.165) is 41.9 Å². The van der Waals surface area contributed by atoms with Crippen LogP contribution in [0.1, 0.15) is 12.2 Å². The average molecular weight is 360 g/mol. The van der Waals surface area contributed by atoms with Crippen LogP contribution in [0.4, 0.5) is 0 Å². The maximum atomic E-state index is 11.9. The molecule has 0 bridgehead atoms. The van der Waals surface area contributed by atoms with Gasteiger partial charge in [-0.25, -0.2) is 14.5 Å². The number of rotatable bonds is 3. The molecule has 1 aromatic heterocycles. The van der Waals surface area contributed by atoms with Gasteiger partial charge in [0.05, 0.1) is 5.69 Å². The van der Waals surface area contributed by atoms with Gasteiger partial charge in [0, 0.05) is 10.9 Å². The molecule has 0 amide bonds. The van der Waals surface area contributed by atoms with E-state index in [2.05, 4.69) is 31.4 Å². The van der Waals surface area contributed by atoms with E-state index in [9.17, 15) is 4.79 Å². The number of hydrogen-bond acceptors (Lipinski definition) is 3. The topological polar surface area (TPSA) is 62.7 Å². The highest BCUT2D eigenvalue weighted by molar-refractivity contribution is 9.10. The Kier molecular flexibility index (Phi) is 5.01. The highest BCUT2D eigenvalue weighted by Crippen LogP contribution is 2.17. The SMILES string of the molecule is Cl.O=c1[nH]nc(C[C@@H]2CCNC2)n1-c1ccc(Br)cc1. The van der Waals surface area contributed by atoms with E-state index in [4.69, 9.17) is 0 Å². The molecular formula is C13H16BrClN4O. The van der Waals surface area contributed by atoms with Gasteiger partial charge in [0.2, 0.25) is 0 Å². The van der Waals surface area contributed by atoms with Gasteiger partial charge in [-0.15, -0.1) is 12.4 Å². The highest BCUT2D eigenvalue weighted by Gasteiger charge is 2.19. The largest absolute Gasteiger partial charge is 0.347 e. The average Bonchev–Trinajstić information content (AvgIpc) is 3.02. The summed E-state index contributed by atoms with van der Waals surface area (Å²) < 4.78 is 2.65. The van der Waals surface area contributed by atoms with Crippen LogP contribution in [0, 0.1) is 5.92 Å². The van der Waals surface area contributed by atoms with E-state index < -0.39 is 0 Å². The second-order valence-electron chi connectivity index (χ2n) is 4.82. The Bertz CT molecular complexity index is 616. The molecule has 3 rings (SSSR count). The van der Waals surface area contributed by atoms with Crippen LogP contribution in [0.2, 0.25) is 0 Å². The molecule has 1 aromatic carbocycles. The van der Waals surface area contributed by atoms with Crippen LogP contribution in [0.25, 0.3) is 5.69 Å². The van der Waals surface area contributed by atoms with Gasteiger partial charge in [-0.1, -0.05) is 15.9 Å². The number of nitrogens with zero attached hydrogens (tertiary/aromatic N) is 2. The van der Waals surface area contributed by atoms with Crippen molar-refractivity contribution in [2.75, 3.05) is 13.1 Å². The fraction of sp³-hybridized carbons (Fsp3) is 0.385. The summed E-state index contributed by atoms with van der Waals surface area (Å²) in [5.74, 6) is 1.37. The zero-order valence-corrected chi connectivity index (χ0v) is 13.2. The van der Waals surface area contributed by atoms with Crippen molar-refractivity contribution in [3.8, 4) is 5.69 Å². The third-order valence-electron chi connectivity index (χ3n) is 3.46. The van der Waals surface area contributed by atoms with Crippen LogP contribution in [0.3, 0.4) is 0 Å². The number of nitrogens with one attached hydrogen (secondary N) is 2. The lowest BCUT2D eigenvalue weighted by Gasteiger charge is -2.09. The molecule has 0 unspecified atom stereocenters. The van der Waals surface area contributed by atoms with E-state index in [0.29, 0.717) is 5.92 Å². The van der Waals surface area contributed by atoms with Crippen LogP contribution in [-0.2, 0) is 6.42 Å². The summed E-state index contributed by atoms with van der Waals surface area (Å²) in [5.41, 5.74) is 0.672. The first-order chi connectivity index (χ1) is 9.24. The molecule has 1 fully saturated rings. The Labute approximate surface area is 131 Å². The van der Waals surface area contributed by atoms with Crippen molar-refractivity contribution in [3.05, 3.63) is 45.0 Å². The summed E-state index contributed by atoms with van der Waals surface area (Å²) in [6.45, 7) is 2.05. The lowest BCUT2D eigenvalue weighted by Crippen LogP contribution is -2.19. The molecule has 7 heteroatoms. The second-order valence-corrected chi connectivity index (χ2v) is 5.74. The summed E-state index contributed by atoms with van der Waals surface area (Å²) in [6, 6.07) is 7.68. The molecule has 2 N–H and O–H groups in total. The fourth-order valence-corrected chi connectivity index (χ4v) is 2.73. The molecule has 1 saturated heterocycles. The Hall–Kier alpha value is -1.11. The van der Waals surface area contributed by atoms with Gasteiger partial charge in [0.15, 0.2) is 0 Å². The first-order valence-corrected chi connectivity index (χ1v) is 7.16. The molecule has 1 aliphatic rings. The van der Waals surface area contributed by atoms with Crippen LogP contribution in [0.5, 0.6) is 0 Å². The first-order valence-electron chi connectivity index (χ1n) is 6.37. The highest BCUT2D eigenvalue weighted by atomic mass is 79.9. The van der Waals surface area contributed by atoms with E-state index >= 15 is 0 Å². The Morgan fingerprint density at radius 1 is 1.35 bits per heavy atom. The fourth-order valence-electron chi connectivity index (χ4n) is 2.47. The minimum atomic E-state index is -0.178. The molecule has 108 valence electrons. The van der Waals surface area contributed by atoms with E-state index in [-0.39, 0.29) is 18.1 Å². The predicted molar refractivity (Wildman–Crippen MR) is 83.8 cm³/mol. The van der Waals surface area contributed by atoms with Crippen LogP contribution in [-0.4, -0.2) is 27.9 Å². The summed E-state index contributed by atoms with van der Waals surface area (Å²) in [6.07, 6.45) is 1.96. The van der Waals surface area contributed by atoms with Crippen molar-refractivity contribution in [2.45, 2.75) is 12.8 Å². The standard InChI is InChI=1S/C13H15BrN4O.ClH/c14-10-1-3-11(4-2-10)18-12(16-17-13(18)19)7-9-5-6-15-8-9;/h1-4,9,15H,5-8H2,(H,17,19);1H/t9-;/m0./s1. The lowest BCUT2D eigenvalue weighted by molar-refractivity contribution is 0.555. The third kappa shape index (κ3) is 3.13. The molecule has 0 saturated carbocycles. The van der Waals surface area contributed by atoms with Crippen molar-refractivity contribution in [1.82, 2.24) is 20.1 Å². The predicted octanol–water partition coefficient (Wildman–Crippen LogP) is 1.90. The van der Waals surface area contributed by atoms with Gasteiger partial charge in [0.1, 0.15) is 5.82 Å². The number of halogens is 2. The van der Waals surface area contributed by atoms with Gasteiger partial charge in [-0.3, -0.25) is 0 Å². The van der Waals surface area contributed by atoms with Crippen LogP contribution in [0.15, 0.2) is 33.5 Å². The lowest BCUT2D eigenvalue weighted by atomic mass is 10.0. The zero-order valence-electron chi connectivity index (χ0n) is 10.8. The third-order valence-corrected chi connectivity index (χ3v) is 3.99. The molecule has 5 nitrogen and oxygen atoms in total. The number of aromatic nitrogens is 3. The van der Waals surface area contributed by atoms with Gasteiger partial charge in [-0.2, -0.15) is 5.10 Å². The Balaban J connectivity index is 0.00000147. The normalized spacial score (nSPS) is 17.9. The number of hydrogen-bond donors (Lipinski definition) is 2. The van der Waals surface area contributed by atoms with Gasteiger partial charge < -0.3 is 5.32 Å². The molecule has 0 spiro atoms. The summed E-state index contributed by atoms with van der Waals surface area (Å²) in [7, 11) is 0. The zero-order chi connectivity index (χ0) is 13.2. The summed E-state index contributed by atoms with van der Waals surface area (Å²) >= 11 is 3.40. The summed E-state index contributed by atoms with van der Waals surface area (Å²) in [5, 5.41) is 10.0. The van der Waals surface area contributed by atoms with Gasteiger partial charge >= 0.3 is 5.69 Å². The second kappa shape index (κ2) is 6.56. The van der Waals surface area contributed by atoms with Crippen molar-refractivity contribution < 1.29 is 0 Å². The number of aromatic amines is 1. The smallest absolute Gasteiger partial charge is 0.316 e. The number of benzene rings is 1. The molecule has 1 atom stereocenters. The van der Waals surface area contributed by atoms with E-state index in [1.807, 2.05) is 24.3 Å².